The monoisotopic (exact) mass is 510 g/mol. The highest BCUT2D eigenvalue weighted by Gasteiger charge is 2.18. The largest absolute Gasteiger partial charge is 0.480 e. The molecule has 0 bridgehead atoms. The van der Waals surface area contributed by atoms with Crippen LogP contribution in [0.25, 0.3) is 0 Å². The zero-order chi connectivity index (χ0) is 25.5. The molecule has 0 aliphatic rings. The van der Waals surface area contributed by atoms with Gasteiger partial charge < -0.3 is 40.0 Å². The number of unbranched alkanes of at least 4 members (excludes halogenated alkanes) is 1. The first-order valence-corrected chi connectivity index (χ1v) is 12.4. The summed E-state index contributed by atoms with van der Waals surface area (Å²) in [5, 5.41) is 34.5. The third-order valence-corrected chi connectivity index (χ3v) is 5.11. The quantitative estimate of drug-likeness (QED) is 0.0827. The summed E-state index contributed by atoms with van der Waals surface area (Å²) < 4.78 is 20.5. The van der Waals surface area contributed by atoms with Gasteiger partial charge in [0.05, 0.1) is 26.2 Å². The van der Waals surface area contributed by atoms with Crippen molar-refractivity contribution in [3.8, 4) is 0 Å². The van der Waals surface area contributed by atoms with E-state index in [1.54, 1.807) is 0 Å². The van der Waals surface area contributed by atoms with Crippen LogP contribution >= 0.6 is 15.2 Å². The van der Waals surface area contributed by atoms with E-state index in [9.17, 15) is 28.3 Å². The fourth-order valence-corrected chi connectivity index (χ4v) is 3.38. The Morgan fingerprint density at radius 3 is 0.906 bits per heavy atom. The number of rotatable bonds is 16. The van der Waals surface area contributed by atoms with Crippen molar-refractivity contribution in [1.29, 1.82) is 0 Å². The van der Waals surface area contributed by atoms with Crippen molar-refractivity contribution in [1.82, 2.24) is 9.80 Å². The van der Waals surface area contributed by atoms with Crippen molar-refractivity contribution in [2.45, 2.75) is 12.8 Å². The number of carbonyl (C=O) groups is 4. The molecule has 0 aromatic carbocycles. The standard InChI is InChI=1S/C10H16N2O8.C4H12O6P2/c13-7(14)3-11(4-8(15)16)1-2-12(5-9(17)18)6-10(19)20;5-11(6,7)3-1-2-4-12(8,9)10/h1-6H2,(H,13,14)(H,15,16)(H,17,18)(H,19,20);1-4H2,(H2,5,6,7)(H2,8,9,10). The third-order valence-electron chi connectivity index (χ3n) is 3.32. The van der Waals surface area contributed by atoms with Crippen molar-refractivity contribution >= 4 is 39.1 Å². The Morgan fingerprint density at radius 1 is 0.531 bits per heavy atom. The van der Waals surface area contributed by atoms with E-state index in [4.69, 9.17) is 40.0 Å². The molecule has 0 saturated carbocycles. The van der Waals surface area contributed by atoms with Gasteiger partial charge in [-0.15, -0.1) is 0 Å². The van der Waals surface area contributed by atoms with Gasteiger partial charge in [0.25, 0.3) is 0 Å². The van der Waals surface area contributed by atoms with Crippen LogP contribution in [0.3, 0.4) is 0 Å². The summed E-state index contributed by atoms with van der Waals surface area (Å²) in [6, 6.07) is 0. The van der Waals surface area contributed by atoms with Gasteiger partial charge in [-0.25, -0.2) is 0 Å². The second kappa shape index (κ2) is 15.8. The SMILES string of the molecule is O=C(O)CN(CCN(CC(=O)O)CC(=O)O)CC(=O)O.O=P(O)(O)CCCCP(=O)(O)O. The molecule has 18 heteroatoms. The topological polar surface area (TPSA) is 271 Å². The Balaban J connectivity index is 0. The lowest BCUT2D eigenvalue weighted by Crippen LogP contribution is -2.43. The van der Waals surface area contributed by atoms with Crippen molar-refractivity contribution in [2.75, 3.05) is 51.6 Å². The van der Waals surface area contributed by atoms with E-state index >= 15 is 0 Å². The molecule has 0 aliphatic heterocycles. The Labute approximate surface area is 182 Å². The van der Waals surface area contributed by atoms with Crippen LogP contribution < -0.4 is 0 Å². The third kappa shape index (κ3) is 26.1. The van der Waals surface area contributed by atoms with Crippen LogP contribution in [0.1, 0.15) is 12.8 Å². The number of aliphatic carboxylic acids is 4. The molecule has 0 unspecified atom stereocenters. The molecular formula is C14H28N2O14P2. The molecule has 8 N–H and O–H groups in total. The van der Waals surface area contributed by atoms with Gasteiger partial charge in [-0.05, 0) is 12.8 Å². The summed E-state index contributed by atoms with van der Waals surface area (Å²) in [5.41, 5.74) is 0. The Kier molecular flexibility index (Phi) is 16.0. The molecular weight excluding hydrogens is 482 g/mol. The molecule has 0 spiro atoms. The molecule has 0 atom stereocenters. The molecule has 0 aliphatic carbocycles. The summed E-state index contributed by atoms with van der Waals surface area (Å²) in [5.74, 6) is -4.91. The summed E-state index contributed by atoms with van der Waals surface area (Å²) >= 11 is 0. The van der Waals surface area contributed by atoms with Crippen molar-refractivity contribution < 1.29 is 68.3 Å². The smallest absolute Gasteiger partial charge is 0.325 e. The highest BCUT2D eigenvalue weighted by Crippen LogP contribution is 2.38. The van der Waals surface area contributed by atoms with Crippen molar-refractivity contribution in [2.24, 2.45) is 0 Å². The second-order valence-electron chi connectivity index (χ2n) is 6.48. The summed E-state index contributed by atoms with van der Waals surface area (Å²) in [6.07, 6.45) is -0.356. The summed E-state index contributed by atoms with van der Waals surface area (Å²) in [6.45, 7) is -2.25. The average molecular weight is 510 g/mol. The van der Waals surface area contributed by atoms with E-state index in [1.807, 2.05) is 0 Å². The molecule has 0 amide bonds. The zero-order valence-corrected chi connectivity index (χ0v) is 18.7. The normalized spacial score (nSPS) is 11.7. The summed E-state index contributed by atoms with van der Waals surface area (Å²) in [7, 11) is -8.00. The van der Waals surface area contributed by atoms with Gasteiger partial charge >= 0.3 is 39.1 Å². The first-order chi connectivity index (χ1) is 14.4. The van der Waals surface area contributed by atoms with E-state index in [0.29, 0.717) is 0 Å². The van der Waals surface area contributed by atoms with E-state index in [1.165, 1.54) is 0 Å². The minimum atomic E-state index is -4.00. The van der Waals surface area contributed by atoms with Gasteiger partial charge in [0.1, 0.15) is 0 Å². The predicted molar refractivity (Wildman–Crippen MR) is 106 cm³/mol. The van der Waals surface area contributed by atoms with E-state index in [-0.39, 0.29) is 38.3 Å². The van der Waals surface area contributed by atoms with Gasteiger partial charge in [-0.1, -0.05) is 0 Å². The maximum absolute atomic E-state index is 10.6. The zero-order valence-electron chi connectivity index (χ0n) is 16.9. The lowest BCUT2D eigenvalue weighted by Gasteiger charge is -2.23. The van der Waals surface area contributed by atoms with Crippen LogP contribution in [0, 0.1) is 0 Å². The van der Waals surface area contributed by atoms with Crippen LogP contribution in [-0.2, 0) is 28.3 Å². The minimum Gasteiger partial charge on any atom is -0.480 e. The number of hydrogen-bond acceptors (Lipinski definition) is 8. The number of carboxylic acids is 4. The molecule has 0 aromatic heterocycles. The highest BCUT2D eigenvalue weighted by molar-refractivity contribution is 7.52. The first-order valence-electron chi connectivity index (χ1n) is 8.82. The van der Waals surface area contributed by atoms with Crippen molar-refractivity contribution in [3.63, 3.8) is 0 Å². The Bertz CT molecular complexity index is 626. The molecule has 16 nitrogen and oxygen atoms in total. The van der Waals surface area contributed by atoms with Crippen molar-refractivity contribution in [3.05, 3.63) is 0 Å². The second-order valence-corrected chi connectivity index (χ2v) is 10.0. The van der Waals surface area contributed by atoms with Gasteiger partial charge in [0, 0.05) is 25.4 Å². The fourth-order valence-electron chi connectivity index (χ4n) is 2.11. The van der Waals surface area contributed by atoms with E-state index < -0.39 is 65.2 Å². The van der Waals surface area contributed by atoms with Gasteiger partial charge in [0.15, 0.2) is 0 Å². The number of hydrogen-bond donors (Lipinski definition) is 8. The molecule has 0 heterocycles. The molecule has 0 aromatic rings. The van der Waals surface area contributed by atoms with Crippen LogP contribution in [-0.4, -0.2) is 125 Å². The van der Waals surface area contributed by atoms with E-state index in [2.05, 4.69) is 0 Å². The van der Waals surface area contributed by atoms with Crippen LogP contribution in [0.15, 0.2) is 0 Å². The molecule has 0 fully saturated rings. The Morgan fingerprint density at radius 2 is 0.750 bits per heavy atom. The molecule has 0 radical (unpaired) electrons. The molecule has 188 valence electrons. The first kappa shape index (κ1) is 32.3. The highest BCUT2D eigenvalue weighted by atomic mass is 31.2. The lowest BCUT2D eigenvalue weighted by atomic mass is 10.4. The molecule has 0 saturated heterocycles. The van der Waals surface area contributed by atoms with Crippen LogP contribution in [0.4, 0.5) is 0 Å². The lowest BCUT2D eigenvalue weighted by molar-refractivity contribution is -0.145. The fraction of sp³-hybridized carbons (Fsp3) is 0.714. The van der Waals surface area contributed by atoms with E-state index in [0.717, 1.165) is 9.80 Å². The molecule has 32 heavy (non-hydrogen) atoms. The maximum Gasteiger partial charge on any atom is 0.325 e. The maximum atomic E-state index is 10.6. The Hall–Kier alpha value is -1.90. The van der Waals surface area contributed by atoms with Crippen LogP contribution in [0.2, 0.25) is 0 Å². The minimum absolute atomic E-state index is 0.0703. The van der Waals surface area contributed by atoms with Gasteiger partial charge in [0.2, 0.25) is 0 Å². The predicted octanol–water partition coefficient (Wildman–Crippen LogP) is -1.95. The molecule has 0 rings (SSSR count). The number of nitrogens with zero attached hydrogens (tertiary/aromatic N) is 2. The average Bonchev–Trinajstić information content (AvgIpc) is 2.53. The van der Waals surface area contributed by atoms with Gasteiger partial charge in [-0.3, -0.25) is 38.1 Å². The van der Waals surface area contributed by atoms with Crippen LogP contribution in [0.5, 0.6) is 0 Å². The summed E-state index contributed by atoms with van der Waals surface area (Å²) in [4.78, 5) is 77.8. The van der Waals surface area contributed by atoms with Gasteiger partial charge in [-0.2, -0.15) is 0 Å². The number of carboxylic acid groups (broad SMARTS) is 4.